The van der Waals surface area contributed by atoms with Crippen LogP contribution in [-0.4, -0.2) is 42.6 Å². The van der Waals surface area contributed by atoms with Crippen LogP contribution in [0.1, 0.15) is 17.5 Å². The minimum Gasteiger partial charge on any atom is -0.496 e. The minimum atomic E-state index is -1.01. The summed E-state index contributed by atoms with van der Waals surface area (Å²) >= 11 is 0. The molecule has 0 aliphatic carbocycles. The zero-order valence-electron chi connectivity index (χ0n) is 11.5. The van der Waals surface area contributed by atoms with E-state index in [-0.39, 0.29) is 18.9 Å². The molecule has 0 bridgehead atoms. The predicted molar refractivity (Wildman–Crippen MR) is 71.3 cm³/mol. The number of carboxylic acid groups (broad SMARTS) is 1. The van der Waals surface area contributed by atoms with Gasteiger partial charge in [-0.25, -0.2) is 0 Å². The molecule has 0 unspecified atom stereocenters. The summed E-state index contributed by atoms with van der Waals surface area (Å²) in [6, 6.07) is 5.79. The van der Waals surface area contributed by atoms with E-state index in [4.69, 9.17) is 9.84 Å². The molecular formula is C14H19NO4. The molecule has 0 saturated carbocycles. The van der Waals surface area contributed by atoms with E-state index in [0.717, 1.165) is 16.9 Å². The fourth-order valence-corrected chi connectivity index (χ4v) is 1.83. The van der Waals surface area contributed by atoms with Gasteiger partial charge in [0.15, 0.2) is 0 Å². The second-order valence-electron chi connectivity index (χ2n) is 4.46. The van der Waals surface area contributed by atoms with Crippen molar-refractivity contribution in [3.63, 3.8) is 0 Å². The quantitative estimate of drug-likeness (QED) is 0.846. The molecule has 1 rings (SSSR count). The third-order valence-electron chi connectivity index (χ3n) is 2.84. The molecule has 0 saturated heterocycles. The van der Waals surface area contributed by atoms with Gasteiger partial charge in [-0.05, 0) is 25.0 Å². The molecule has 0 aliphatic rings. The van der Waals surface area contributed by atoms with Crippen LogP contribution in [0.2, 0.25) is 0 Å². The summed E-state index contributed by atoms with van der Waals surface area (Å²) in [6.07, 6.45) is 0.803. The minimum absolute atomic E-state index is 0.189. The Balaban J connectivity index is 2.63. The number of carbonyl (C=O) groups excluding carboxylic acids is 1. The highest BCUT2D eigenvalue weighted by Crippen LogP contribution is 2.21. The average Bonchev–Trinajstić information content (AvgIpc) is 2.35. The molecule has 0 aromatic heterocycles. The number of hydrogen-bond donors (Lipinski definition) is 1. The number of aliphatic carboxylic acids is 1. The molecular weight excluding hydrogens is 246 g/mol. The van der Waals surface area contributed by atoms with E-state index < -0.39 is 5.97 Å². The Labute approximate surface area is 112 Å². The van der Waals surface area contributed by atoms with Crippen LogP contribution in [0.15, 0.2) is 18.2 Å². The lowest BCUT2D eigenvalue weighted by molar-refractivity contribution is -0.143. The second kappa shape index (κ2) is 6.78. The van der Waals surface area contributed by atoms with Gasteiger partial charge in [-0.1, -0.05) is 17.7 Å². The van der Waals surface area contributed by atoms with Crippen molar-refractivity contribution in [1.29, 1.82) is 0 Å². The molecule has 1 aromatic carbocycles. The largest absolute Gasteiger partial charge is 0.496 e. The molecule has 19 heavy (non-hydrogen) atoms. The number of methoxy groups -OCH3 is 1. The average molecular weight is 265 g/mol. The van der Waals surface area contributed by atoms with Gasteiger partial charge >= 0.3 is 5.97 Å². The molecule has 0 fully saturated rings. The van der Waals surface area contributed by atoms with E-state index in [1.807, 2.05) is 25.1 Å². The van der Waals surface area contributed by atoms with Crippen molar-refractivity contribution >= 4 is 11.9 Å². The molecule has 5 heteroatoms. The summed E-state index contributed by atoms with van der Waals surface area (Å²) in [6.45, 7) is 1.70. The number of hydrogen-bond acceptors (Lipinski definition) is 3. The third-order valence-corrected chi connectivity index (χ3v) is 2.84. The highest BCUT2D eigenvalue weighted by Gasteiger charge is 2.13. The number of amides is 1. The first-order valence-corrected chi connectivity index (χ1v) is 6.03. The fraction of sp³-hybridized carbons (Fsp3) is 0.429. The monoisotopic (exact) mass is 265 g/mol. The number of benzene rings is 1. The maximum absolute atomic E-state index is 11.8. The third kappa shape index (κ3) is 4.62. The van der Waals surface area contributed by atoms with Crippen LogP contribution >= 0.6 is 0 Å². The summed E-state index contributed by atoms with van der Waals surface area (Å²) < 4.78 is 5.24. The number of aryl methyl sites for hydroxylation is 2. The molecule has 0 spiro atoms. The number of rotatable bonds is 6. The van der Waals surface area contributed by atoms with Crippen LogP contribution in [0.5, 0.6) is 5.75 Å². The van der Waals surface area contributed by atoms with Crippen LogP contribution in [-0.2, 0) is 16.0 Å². The lowest BCUT2D eigenvalue weighted by Gasteiger charge is -2.15. The number of nitrogens with zero attached hydrogens (tertiary/aromatic N) is 1. The second-order valence-corrected chi connectivity index (χ2v) is 4.46. The van der Waals surface area contributed by atoms with Crippen molar-refractivity contribution in [3.05, 3.63) is 29.3 Å². The van der Waals surface area contributed by atoms with Gasteiger partial charge in [0.1, 0.15) is 12.3 Å². The SMILES string of the molecule is COc1ccc(C)cc1CCC(=O)N(C)CC(=O)O. The fourth-order valence-electron chi connectivity index (χ4n) is 1.83. The van der Waals surface area contributed by atoms with Crippen LogP contribution in [0.3, 0.4) is 0 Å². The van der Waals surface area contributed by atoms with Crippen molar-refractivity contribution in [1.82, 2.24) is 4.90 Å². The summed E-state index contributed by atoms with van der Waals surface area (Å²) in [4.78, 5) is 23.5. The standard InChI is InChI=1S/C14H19NO4/c1-10-4-6-12(19-3)11(8-10)5-7-13(16)15(2)9-14(17)18/h4,6,8H,5,7,9H2,1-3H3,(H,17,18). The Morgan fingerprint density at radius 2 is 2.05 bits per heavy atom. The van der Waals surface area contributed by atoms with Gasteiger partial charge in [0, 0.05) is 13.5 Å². The van der Waals surface area contributed by atoms with Crippen LogP contribution in [0.25, 0.3) is 0 Å². The summed E-state index contributed by atoms with van der Waals surface area (Å²) in [5.41, 5.74) is 2.06. The normalized spacial score (nSPS) is 10.1. The Bertz CT molecular complexity index is 471. The van der Waals surface area contributed by atoms with Gasteiger partial charge in [0.05, 0.1) is 7.11 Å². The zero-order chi connectivity index (χ0) is 14.4. The lowest BCUT2D eigenvalue weighted by atomic mass is 10.1. The van der Waals surface area contributed by atoms with Crippen molar-refractivity contribution in [3.8, 4) is 5.75 Å². The van der Waals surface area contributed by atoms with Crippen LogP contribution < -0.4 is 4.74 Å². The van der Waals surface area contributed by atoms with Crippen molar-refractivity contribution in [2.24, 2.45) is 0 Å². The van der Waals surface area contributed by atoms with E-state index in [9.17, 15) is 9.59 Å². The van der Waals surface area contributed by atoms with Gasteiger partial charge in [-0.2, -0.15) is 0 Å². The summed E-state index contributed by atoms with van der Waals surface area (Å²) in [7, 11) is 3.08. The Morgan fingerprint density at radius 3 is 2.63 bits per heavy atom. The Hall–Kier alpha value is -2.04. The van der Waals surface area contributed by atoms with E-state index >= 15 is 0 Å². The van der Waals surface area contributed by atoms with Crippen molar-refractivity contribution in [2.75, 3.05) is 20.7 Å². The highest BCUT2D eigenvalue weighted by molar-refractivity contribution is 5.81. The highest BCUT2D eigenvalue weighted by atomic mass is 16.5. The van der Waals surface area contributed by atoms with Crippen molar-refractivity contribution in [2.45, 2.75) is 19.8 Å². The van der Waals surface area contributed by atoms with E-state index in [0.29, 0.717) is 6.42 Å². The van der Waals surface area contributed by atoms with E-state index in [2.05, 4.69) is 0 Å². The van der Waals surface area contributed by atoms with Gasteiger partial charge in [-0.3, -0.25) is 9.59 Å². The first kappa shape index (κ1) is 15.0. The first-order chi connectivity index (χ1) is 8.93. The van der Waals surface area contributed by atoms with Crippen LogP contribution in [0.4, 0.5) is 0 Å². The van der Waals surface area contributed by atoms with Crippen molar-refractivity contribution < 1.29 is 19.4 Å². The number of likely N-dealkylation sites (N-methyl/N-ethyl adjacent to an activating group) is 1. The molecule has 0 atom stereocenters. The first-order valence-electron chi connectivity index (χ1n) is 6.03. The maximum Gasteiger partial charge on any atom is 0.323 e. The molecule has 104 valence electrons. The molecule has 1 amide bonds. The Morgan fingerprint density at radius 1 is 1.37 bits per heavy atom. The Kier molecular flexibility index (Phi) is 5.36. The summed E-state index contributed by atoms with van der Waals surface area (Å²) in [5.74, 6) is -0.450. The predicted octanol–water partition coefficient (Wildman–Crippen LogP) is 1.48. The van der Waals surface area contributed by atoms with Crippen LogP contribution in [0, 0.1) is 6.92 Å². The molecule has 1 aromatic rings. The summed E-state index contributed by atoms with van der Waals surface area (Å²) in [5, 5.41) is 8.62. The number of carbonyl (C=O) groups is 2. The van der Waals surface area contributed by atoms with E-state index in [1.54, 1.807) is 7.11 Å². The lowest BCUT2D eigenvalue weighted by Crippen LogP contribution is -2.32. The number of carboxylic acids is 1. The van der Waals surface area contributed by atoms with E-state index in [1.165, 1.54) is 11.9 Å². The van der Waals surface area contributed by atoms with Gasteiger partial charge in [0.25, 0.3) is 0 Å². The topological polar surface area (TPSA) is 66.8 Å². The molecule has 0 heterocycles. The molecule has 1 N–H and O–H groups in total. The molecule has 5 nitrogen and oxygen atoms in total. The molecule has 0 radical (unpaired) electrons. The van der Waals surface area contributed by atoms with Gasteiger partial charge < -0.3 is 14.7 Å². The van der Waals surface area contributed by atoms with Gasteiger partial charge in [0.2, 0.25) is 5.91 Å². The smallest absolute Gasteiger partial charge is 0.323 e. The maximum atomic E-state index is 11.8. The number of ether oxygens (including phenoxy) is 1. The molecule has 0 aliphatic heterocycles. The van der Waals surface area contributed by atoms with Gasteiger partial charge in [-0.15, -0.1) is 0 Å². The zero-order valence-corrected chi connectivity index (χ0v) is 11.5.